The lowest BCUT2D eigenvalue weighted by molar-refractivity contribution is 0.0693. The summed E-state index contributed by atoms with van der Waals surface area (Å²) in [5.41, 5.74) is 0.00537. The number of hydrogen-bond donors (Lipinski definition) is 0. The van der Waals surface area contributed by atoms with E-state index in [-0.39, 0.29) is 36.6 Å². The maximum atomic E-state index is 13.8. The fraction of sp³-hybridized carbons (Fsp3) is 0.235. The van der Waals surface area contributed by atoms with Crippen LogP contribution in [0.25, 0.3) is 0 Å². The zero-order chi connectivity index (χ0) is 18.0. The van der Waals surface area contributed by atoms with Gasteiger partial charge in [0.2, 0.25) is 10.0 Å². The van der Waals surface area contributed by atoms with Crippen molar-refractivity contribution in [1.29, 1.82) is 0 Å². The van der Waals surface area contributed by atoms with E-state index in [1.807, 2.05) is 0 Å². The van der Waals surface area contributed by atoms with Crippen LogP contribution in [0.5, 0.6) is 0 Å². The first-order valence-electron chi connectivity index (χ1n) is 7.69. The highest BCUT2D eigenvalue weighted by Crippen LogP contribution is 2.22. The van der Waals surface area contributed by atoms with Gasteiger partial charge in [-0.2, -0.15) is 4.31 Å². The molecule has 0 atom stereocenters. The lowest BCUT2D eigenvalue weighted by Crippen LogP contribution is -2.50. The second-order valence-corrected chi connectivity index (χ2v) is 8.49. The van der Waals surface area contributed by atoms with Gasteiger partial charge in [-0.1, -0.05) is 34.1 Å². The smallest absolute Gasteiger partial charge is 0.256 e. The van der Waals surface area contributed by atoms with E-state index in [1.165, 1.54) is 33.5 Å². The summed E-state index contributed by atoms with van der Waals surface area (Å²) >= 11 is 3.27. The summed E-state index contributed by atoms with van der Waals surface area (Å²) in [6.45, 7) is 0.797. The number of carbonyl (C=O) groups is 1. The van der Waals surface area contributed by atoms with E-state index in [1.54, 1.807) is 24.3 Å². The average Bonchev–Trinajstić information content (AvgIpc) is 2.62. The average molecular weight is 427 g/mol. The molecule has 0 aromatic heterocycles. The van der Waals surface area contributed by atoms with E-state index in [2.05, 4.69) is 15.9 Å². The molecule has 1 aliphatic rings. The molecule has 25 heavy (non-hydrogen) atoms. The van der Waals surface area contributed by atoms with Crippen molar-refractivity contribution in [3.05, 3.63) is 64.4 Å². The van der Waals surface area contributed by atoms with Crippen LogP contribution in [0.2, 0.25) is 0 Å². The van der Waals surface area contributed by atoms with Crippen molar-refractivity contribution in [3.8, 4) is 0 Å². The summed E-state index contributed by atoms with van der Waals surface area (Å²) < 4.78 is 41.2. The van der Waals surface area contributed by atoms with Crippen LogP contribution in [0, 0.1) is 5.82 Å². The minimum atomic E-state index is -3.62. The number of halogens is 2. The third-order valence-electron chi connectivity index (χ3n) is 4.06. The summed E-state index contributed by atoms with van der Waals surface area (Å²) in [6, 6.07) is 12.3. The number of benzene rings is 2. The maximum Gasteiger partial charge on any atom is 0.256 e. The topological polar surface area (TPSA) is 57.7 Å². The molecular formula is C17H16BrFN2O3S. The lowest BCUT2D eigenvalue weighted by Gasteiger charge is -2.34. The SMILES string of the molecule is O=C(c1ccccc1F)N1CCN(S(=O)(=O)c2cccc(Br)c2)CC1. The van der Waals surface area contributed by atoms with E-state index >= 15 is 0 Å². The quantitative estimate of drug-likeness (QED) is 0.757. The first kappa shape index (κ1) is 18.0. The summed E-state index contributed by atoms with van der Waals surface area (Å²) in [5, 5.41) is 0. The Labute approximate surface area is 154 Å². The summed E-state index contributed by atoms with van der Waals surface area (Å²) in [6.07, 6.45) is 0. The molecule has 3 rings (SSSR count). The van der Waals surface area contributed by atoms with Gasteiger partial charge in [-0.3, -0.25) is 4.79 Å². The third-order valence-corrected chi connectivity index (χ3v) is 6.45. The van der Waals surface area contributed by atoms with Gasteiger partial charge in [0.1, 0.15) is 5.82 Å². The molecule has 5 nitrogen and oxygen atoms in total. The van der Waals surface area contributed by atoms with Gasteiger partial charge in [0.15, 0.2) is 0 Å². The normalized spacial score (nSPS) is 16.0. The molecule has 0 spiro atoms. The Hall–Kier alpha value is -1.77. The molecule has 1 amide bonds. The molecule has 1 aliphatic heterocycles. The molecule has 1 saturated heterocycles. The molecule has 0 bridgehead atoms. The van der Waals surface area contributed by atoms with Crippen LogP contribution in [0.4, 0.5) is 4.39 Å². The molecule has 0 N–H and O–H groups in total. The Morgan fingerprint density at radius 1 is 1.00 bits per heavy atom. The minimum absolute atomic E-state index is 0.00537. The number of sulfonamides is 1. The van der Waals surface area contributed by atoms with E-state index < -0.39 is 21.7 Å². The molecule has 1 heterocycles. The highest BCUT2D eigenvalue weighted by atomic mass is 79.9. The highest BCUT2D eigenvalue weighted by Gasteiger charge is 2.31. The zero-order valence-electron chi connectivity index (χ0n) is 13.2. The first-order chi connectivity index (χ1) is 11.9. The molecule has 0 radical (unpaired) electrons. The van der Waals surface area contributed by atoms with Gasteiger partial charge >= 0.3 is 0 Å². The Balaban J connectivity index is 1.72. The Morgan fingerprint density at radius 3 is 2.32 bits per heavy atom. The van der Waals surface area contributed by atoms with Crippen LogP contribution < -0.4 is 0 Å². The van der Waals surface area contributed by atoms with Crippen molar-refractivity contribution in [1.82, 2.24) is 9.21 Å². The Kier molecular flexibility index (Phi) is 5.21. The molecule has 2 aromatic rings. The largest absolute Gasteiger partial charge is 0.336 e. The van der Waals surface area contributed by atoms with Crippen LogP contribution in [0.1, 0.15) is 10.4 Å². The van der Waals surface area contributed by atoms with Gasteiger partial charge in [0.25, 0.3) is 5.91 Å². The molecular weight excluding hydrogens is 411 g/mol. The van der Waals surface area contributed by atoms with Crippen molar-refractivity contribution in [2.75, 3.05) is 26.2 Å². The molecule has 0 saturated carbocycles. The van der Waals surface area contributed by atoms with Gasteiger partial charge in [-0.05, 0) is 30.3 Å². The van der Waals surface area contributed by atoms with Gasteiger partial charge in [0, 0.05) is 30.7 Å². The van der Waals surface area contributed by atoms with Crippen LogP contribution >= 0.6 is 15.9 Å². The number of piperazine rings is 1. The zero-order valence-corrected chi connectivity index (χ0v) is 15.6. The fourth-order valence-corrected chi connectivity index (χ4v) is 4.73. The van der Waals surface area contributed by atoms with E-state index in [0.717, 1.165) is 0 Å². The van der Waals surface area contributed by atoms with Crippen molar-refractivity contribution < 1.29 is 17.6 Å². The predicted molar refractivity (Wildman–Crippen MR) is 95.2 cm³/mol. The summed E-state index contributed by atoms with van der Waals surface area (Å²) in [5.74, 6) is -0.991. The lowest BCUT2D eigenvalue weighted by atomic mass is 10.1. The number of amides is 1. The summed E-state index contributed by atoms with van der Waals surface area (Å²) in [7, 11) is -3.62. The van der Waals surface area contributed by atoms with Crippen LogP contribution in [0.15, 0.2) is 57.9 Å². The third kappa shape index (κ3) is 3.75. The summed E-state index contributed by atoms with van der Waals surface area (Å²) in [4.78, 5) is 14.1. The van der Waals surface area contributed by atoms with Crippen LogP contribution in [-0.2, 0) is 10.0 Å². The van der Waals surface area contributed by atoms with Crippen LogP contribution in [-0.4, -0.2) is 49.7 Å². The molecule has 0 unspecified atom stereocenters. The van der Waals surface area contributed by atoms with E-state index in [9.17, 15) is 17.6 Å². The number of carbonyl (C=O) groups excluding carboxylic acids is 1. The van der Waals surface area contributed by atoms with Gasteiger partial charge in [-0.25, -0.2) is 12.8 Å². The maximum absolute atomic E-state index is 13.8. The Morgan fingerprint density at radius 2 is 1.68 bits per heavy atom. The number of hydrogen-bond acceptors (Lipinski definition) is 3. The van der Waals surface area contributed by atoms with Crippen molar-refractivity contribution in [3.63, 3.8) is 0 Å². The Bertz CT molecular complexity index is 896. The molecule has 8 heteroatoms. The number of rotatable bonds is 3. The molecule has 132 valence electrons. The predicted octanol–water partition coefficient (Wildman–Crippen LogP) is 2.73. The highest BCUT2D eigenvalue weighted by molar-refractivity contribution is 9.10. The monoisotopic (exact) mass is 426 g/mol. The van der Waals surface area contributed by atoms with Crippen molar-refractivity contribution in [2.24, 2.45) is 0 Å². The second kappa shape index (κ2) is 7.23. The fourth-order valence-electron chi connectivity index (χ4n) is 2.71. The van der Waals surface area contributed by atoms with Crippen molar-refractivity contribution in [2.45, 2.75) is 4.90 Å². The first-order valence-corrected chi connectivity index (χ1v) is 9.92. The van der Waals surface area contributed by atoms with E-state index in [4.69, 9.17) is 0 Å². The second-order valence-electron chi connectivity index (χ2n) is 5.63. The van der Waals surface area contributed by atoms with Gasteiger partial charge < -0.3 is 4.90 Å². The number of nitrogens with zero attached hydrogens (tertiary/aromatic N) is 2. The molecule has 0 aliphatic carbocycles. The minimum Gasteiger partial charge on any atom is -0.336 e. The van der Waals surface area contributed by atoms with E-state index in [0.29, 0.717) is 4.47 Å². The molecule has 2 aromatic carbocycles. The standard InChI is InChI=1S/C17H16BrFN2O3S/c18-13-4-3-5-14(12-13)25(23,24)21-10-8-20(9-11-21)17(22)15-6-1-2-7-16(15)19/h1-7,12H,8-11H2. The van der Waals surface area contributed by atoms with Gasteiger partial charge in [-0.15, -0.1) is 0 Å². The van der Waals surface area contributed by atoms with Crippen molar-refractivity contribution >= 4 is 31.9 Å². The molecule has 1 fully saturated rings. The van der Waals surface area contributed by atoms with Gasteiger partial charge in [0.05, 0.1) is 10.5 Å². The van der Waals surface area contributed by atoms with Crippen LogP contribution in [0.3, 0.4) is 0 Å².